The zero-order valence-corrected chi connectivity index (χ0v) is 13.3. The van der Waals surface area contributed by atoms with Crippen LogP contribution in [-0.4, -0.2) is 38.5 Å². The number of thioether (sulfide) groups is 1. The third-order valence-corrected chi connectivity index (χ3v) is 6.01. The Morgan fingerprint density at radius 3 is 3.10 bits per heavy atom. The molecule has 3 N–H and O–H groups in total. The predicted molar refractivity (Wildman–Crippen MR) is 87.0 cm³/mol. The van der Waals surface area contributed by atoms with E-state index < -0.39 is 0 Å². The average Bonchev–Trinajstić information content (AvgIpc) is 2.91. The maximum Gasteiger partial charge on any atom is 0.152 e. The van der Waals surface area contributed by atoms with Gasteiger partial charge in [0.25, 0.3) is 0 Å². The molecule has 3 rings (SSSR count). The molecule has 2 unspecified atom stereocenters. The van der Waals surface area contributed by atoms with Crippen LogP contribution in [0.2, 0.25) is 0 Å². The number of nitrogens with zero attached hydrogens (tertiary/aromatic N) is 3. The highest BCUT2D eigenvalue weighted by molar-refractivity contribution is 8.00. The van der Waals surface area contributed by atoms with E-state index in [2.05, 4.69) is 34.1 Å². The maximum absolute atomic E-state index is 5.57. The van der Waals surface area contributed by atoms with Gasteiger partial charge in [0.05, 0.1) is 11.9 Å². The summed E-state index contributed by atoms with van der Waals surface area (Å²) in [6, 6.07) is 2.55. The molecular formula is C13H19N5S2. The van der Waals surface area contributed by atoms with Crippen molar-refractivity contribution in [1.29, 1.82) is 0 Å². The lowest BCUT2D eigenvalue weighted by Gasteiger charge is -2.36. The van der Waals surface area contributed by atoms with Crippen molar-refractivity contribution in [3.05, 3.63) is 17.3 Å². The van der Waals surface area contributed by atoms with E-state index in [1.807, 2.05) is 23.2 Å². The average molecular weight is 309 g/mol. The van der Waals surface area contributed by atoms with Gasteiger partial charge >= 0.3 is 0 Å². The van der Waals surface area contributed by atoms with Gasteiger partial charge in [0, 0.05) is 23.6 Å². The number of hydrogen-bond donors (Lipinski definition) is 2. The van der Waals surface area contributed by atoms with E-state index >= 15 is 0 Å². The first kappa shape index (κ1) is 14.1. The molecule has 7 heteroatoms. The van der Waals surface area contributed by atoms with Crippen LogP contribution in [0.25, 0.3) is 10.2 Å². The SMILES string of the molecule is CC1SCCN(Cc2nc(NN)c3ccsc3n2)C1C. The first-order valence-corrected chi connectivity index (χ1v) is 8.68. The first-order chi connectivity index (χ1) is 9.69. The number of thiophene rings is 1. The molecule has 2 atom stereocenters. The standard InChI is InChI=1S/C13H19N5S2/c1-8-9(2)19-6-4-18(8)7-11-15-12(17-14)10-3-5-20-13(10)16-11/h3,5,8-9H,4,6-7,14H2,1-2H3,(H,15,16,17). The molecule has 0 aliphatic carbocycles. The molecule has 1 aliphatic heterocycles. The van der Waals surface area contributed by atoms with Crippen molar-refractivity contribution in [3.8, 4) is 0 Å². The summed E-state index contributed by atoms with van der Waals surface area (Å²) in [5.41, 5.74) is 2.69. The molecular weight excluding hydrogens is 290 g/mol. The molecule has 0 aromatic carbocycles. The van der Waals surface area contributed by atoms with Gasteiger partial charge in [0.2, 0.25) is 0 Å². The molecule has 0 amide bonds. The van der Waals surface area contributed by atoms with Crippen molar-refractivity contribution < 1.29 is 0 Å². The number of nitrogens with one attached hydrogen (secondary N) is 1. The van der Waals surface area contributed by atoms with E-state index in [4.69, 9.17) is 5.84 Å². The summed E-state index contributed by atoms with van der Waals surface area (Å²) in [6.45, 7) is 6.45. The van der Waals surface area contributed by atoms with Crippen LogP contribution in [0.4, 0.5) is 5.82 Å². The molecule has 3 heterocycles. The zero-order valence-electron chi connectivity index (χ0n) is 11.7. The van der Waals surface area contributed by atoms with E-state index in [0.717, 1.165) is 34.9 Å². The van der Waals surface area contributed by atoms with Gasteiger partial charge in [-0.05, 0) is 18.4 Å². The number of nitrogen functional groups attached to an aromatic ring is 1. The summed E-state index contributed by atoms with van der Waals surface area (Å²) in [6.07, 6.45) is 0. The zero-order chi connectivity index (χ0) is 14.1. The van der Waals surface area contributed by atoms with Crippen molar-refractivity contribution in [3.63, 3.8) is 0 Å². The lowest BCUT2D eigenvalue weighted by Crippen LogP contribution is -2.44. The van der Waals surface area contributed by atoms with Gasteiger partial charge in [0.15, 0.2) is 5.82 Å². The summed E-state index contributed by atoms with van der Waals surface area (Å²) in [4.78, 5) is 12.7. The third-order valence-electron chi connectivity index (χ3n) is 3.87. The Labute approximate surface area is 126 Å². The Bertz CT molecular complexity index is 599. The van der Waals surface area contributed by atoms with Crippen molar-refractivity contribution in [1.82, 2.24) is 14.9 Å². The fourth-order valence-electron chi connectivity index (χ4n) is 2.48. The van der Waals surface area contributed by atoms with Crippen molar-refractivity contribution >= 4 is 39.1 Å². The van der Waals surface area contributed by atoms with Crippen molar-refractivity contribution in [2.24, 2.45) is 5.84 Å². The molecule has 5 nitrogen and oxygen atoms in total. The minimum atomic E-state index is 0.547. The predicted octanol–water partition coefficient (Wildman–Crippen LogP) is 2.30. The second-order valence-electron chi connectivity index (χ2n) is 5.06. The summed E-state index contributed by atoms with van der Waals surface area (Å²) in [7, 11) is 0. The van der Waals surface area contributed by atoms with Crippen LogP contribution in [0.1, 0.15) is 19.7 Å². The van der Waals surface area contributed by atoms with Crippen LogP contribution in [0.5, 0.6) is 0 Å². The van der Waals surface area contributed by atoms with E-state index in [-0.39, 0.29) is 0 Å². The van der Waals surface area contributed by atoms with Crippen LogP contribution in [0.3, 0.4) is 0 Å². The lowest BCUT2D eigenvalue weighted by molar-refractivity contribution is 0.200. The Morgan fingerprint density at radius 2 is 2.30 bits per heavy atom. The fraction of sp³-hybridized carbons (Fsp3) is 0.538. The number of fused-ring (bicyclic) bond motifs is 1. The highest BCUT2D eigenvalue weighted by Gasteiger charge is 2.26. The number of rotatable bonds is 3. The van der Waals surface area contributed by atoms with Gasteiger partial charge < -0.3 is 5.43 Å². The monoisotopic (exact) mass is 309 g/mol. The van der Waals surface area contributed by atoms with Crippen LogP contribution in [0.15, 0.2) is 11.4 Å². The summed E-state index contributed by atoms with van der Waals surface area (Å²) in [5.74, 6) is 8.32. The Balaban J connectivity index is 1.86. The molecule has 2 aromatic rings. The lowest BCUT2D eigenvalue weighted by atomic mass is 10.2. The number of aromatic nitrogens is 2. The molecule has 1 fully saturated rings. The second kappa shape index (κ2) is 5.85. The molecule has 108 valence electrons. The normalized spacial score (nSPS) is 24.1. The van der Waals surface area contributed by atoms with E-state index in [1.165, 1.54) is 5.75 Å². The number of anilines is 1. The van der Waals surface area contributed by atoms with Crippen molar-refractivity contribution in [2.75, 3.05) is 17.7 Å². The molecule has 0 bridgehead atoms. The fourth-order valence-corrected chi connectivity index (χ4v) is 4.43. The van der Waals surface area contributed by atoms with Gasteiger partial charge in [-0.15, -0.1) is 11.3 Å². The van der Waals surface area contributed by atoms with Gasteiger partial charge in [-0.2, -0.15) is 11.8 Å². The number of nitrogens with two attached hydrogens (primary N) is 1. The quantitative estimate of drug-likeness (QED) is 0.670. The highest BCUT2D eigenvalue weighted by Crippen LogP contribution is 2.27. The Morgan fingerprint density at radius 1 is 1.45 bits per heavy atom. The van der Waals surface area contributed by atoms with Gasteiger partial charge in [0.1, 0.15) is 10.7 Å². The molecule has 1 saturated heterocycles. The second-order valence-corrected chi connectivity index (χ2v) is 7.44. The minimum Gasteiger partial charge on any atom is -0.308 e. The molecule has 1 aliphatic rings. The summed E-state index contributed by atoms with van der Waals surface area (Å²) >= 11 is 3.66. The molecule has 20 heavy (non-hydrogen) atoms. The smallest absolute Gasteiger partial charge is 0.152 e. The van der Waals surface area contributed by atoms with Gasteiger partial charge in [-0.1, -0.05) is 6.92 Å². The topological polar surface area (TPSA) is 67.1 Å². The van der Waals surface area contributed by atoms with Gasteiger partial charge in [-0.3, -0.25) is 4.90 Å². The molecule has 2 aromatic heterocycles. The van der Waals surface area contributed by atoms with Crippen LogP contribution in [0, 0.1) is 0 Å². The van der Waals surface area contributed by atoms with E-state index in [1.54, 1.807) is 11.3 Å². The molecule has 0 saturated carbocycles. The summed E-state index contributed by atoms with van der Waals surface area (Å²) in [5, 5.41) is 3.67. The van der Waals surface area contributed by atoms with Crippen molar-refractivity contribution in [2.45, 2.75) is 31.7 Å². The largest absolute Gasteiger partial charge is 0.308 e. The Hall–Kier alpha value is -0.890. The van der Waals surface area contributed by atoms with Gasteiger partial charge in [-0.25, -0.2) is 15.8 Å². The molecule has 0 radical (unpaired) electrons. The maximum atomic E-state index is 5.57. The first-order valence-electron chi connectivity index (χ1n) is 6.75. The molecule has 0 spiro atoms. The van der Waals surface area contributed by atoms with E-state index in [9.17, 15) is 0 Å². The number of hydrogen-bond acceptors (Lipinski definition) is 7. The van der Waals surface area contributed by atoms with Crippen LogP contribution >= 0.6 is 23.1 Å². The van der Waals surface area contributed by atoms with Crippen LogP contribution in [-0.2, 0) is 6.54 Å². The van der Waals surface area contributed by atoms with Crippen LogP contribution < -0.4 is 11.3 Å². The minimum absolute atomic E-state index is 0.547. The number of hydrazine groups is 1. The Kier molecular flexibility index (Phi) is 4.11. The highest BCUT2D eigenvalue weighted by atomic mass is 32.2. The summed E-state index contributed by atoms with van der Waals surface area (Å²) < 4.78 is 0. The van der Waals surface area contributed by atoms with E-state index in [0.29, 0.717) is 11.3 Å². The third kappa shape index (κ3) is 2.63.